The van der Waals surface area contributed by atoms with E-state index in [2.05, 4.69) is 10.2 Å². The van der Waals surface area contributed by atoms with Gasteiger partial charge in [0.2, 0.25) is 5.91 Å². The lowest BCUT2D eigenvalue weighted by atomic mass is 10.2. The molecular formula is C16H21N3O3. The number of amides is 1. The third-order valence-electron chi connectivity index (χ3n) is 3.68. The van der Waals surface area contributed by atoms with Crippen molar-refractivity contribution in [2.24, 2.45) is 0 Å². The number of carbonyl (C=O) groups excluding carboxylic acids is 1. The van der Waals surface area contributed by atoms with Gasteiger partial charge >= 0.3 is 0 Å². The Morgan fingerprint density at radius 3 is 2.59 bits per heavy atom. The van der Waals surface area contributed by atoms with Crippen LogP contribution in [0.1, 0.15) is 24.8 Å². The van der Waals surface area contributed by atoms with Gasteiger partial charge in [-0.1, -0.05) is 0 Å². The molecule has 1 aliphatic rings. The van der Waals surface area contributed by atoms with Gasteiger partial charge in [-0.2, -0.15) is 0 Å². The van der Waals surface area contributed by atoms with Crippen molar-refractivity contribution in [3.8, 4) is 0 Å². The lowest BCUT2D eigenvalue weighted by Crippen LogP contribution is -2.27. The van der Waals surface area contributed by atoms with Crippen molar-refractivity contribution < 1.29 is 9.72 Å². The fourth-order valence-electron chi connectivity index (χ4n) is 2.46. The van der Waals surface area contributed by atoms with Gasteiger partial charge in [-0.15, -0.1) is 0 Å². The number of likely N-dealkylation sites (tertiary alicyclic amines) is 1. The lowest BCUT2D eigenvalue weighted by molar-refractivity contribution is -0.384. The number of benzene rings is 1. The molecular weight excluding hydrogens is 282 g/mol. The second-order valence-corrected chi connectivity index (χ2v) is 5.38. The molecule has 0 aliphatic carbocycles. The molecule has 0 radical (unpaired) electrons. The molecule has 0 unspecified atom stereocenters. The van der Waals surface area contributed by atoms with Crippen molar-refractivity contribution >= 4 is 17.7 Å². The maximum atomic E-state index is 11.7. The molecule has 0 aromatic heterocycles. The second kappa shape index (κ2) is 8.29. The fourth-order valence-corrected chi connectivity index (χ4v) is 2.46. The van der Waals surface area contributed by atoms with Crippen molar-refractivity contribution in [1.29, 1.82) is 0 Å². The first-order valence-electron chi connectivity index (χ1n) is 7.58. The van der Waals surface area contributed by atoms with E-state index >= 15 is 0 Å². The molecule has 6 heteroatoms. The highest BCUT2D eigenvalue weighted by molar-refractivity contribution is 5.91. The van der Waals surface area contributed by atoms with Crippen LogP contribution in [-0.2, 0) is 4.79 Å². The molecule has 1 aliphatic heterocycles. The summed E-state index contributed by atoms with van der Waals surface area (Å²) in [5.74, 6) is -0.139. The molecule has 1 aromatic rings. The van der Waals surface area contributed by atoms with Crippen LogP contribution in [0.2, 0.25) is 0 Å². The zero-order valence-corrected chi connectivity index (χ0v) is 12.5. The molecule has 1 heterocycles. The van der Waals surface area contributed by atoms with Crippen LogP contribution in [0.4, 0.5) is 5.69 Å². The van der Waals surface area contributed by atoms with Crippen LogP contribution in [0, 0.1) is 10.1 Å². The highest BCUT2D eigenvalue weighted by atomic mass is 16.6. The van der Waals surface area contributed by atoms with Gasteiger partial charge in [0, 0.05) is 24.8 Å². The Balaban J connectivity index is 1.68. The molecule has 1 N–H and O–H groups in total. The second-order valence-electron chi connectivity index (χ2n) is 5.38. The van der Waals surface area contributed by atoms with Crippen molar-refractivity contribution in [3.63, 3.8) is 0 Å². The molecule has 0 atom stereocenters. The number of nitro groups is 1. The van der Waals surface area contributed by atoms with Crippen molar-refractivity contribution in [3.05, 3.63) is 46.0 Å². The summed E-state index contributed by atoms with van der Waals surface area (Å²) >= 11 is 0. The number of carbonyl (C=O) groups is 1. The van der Waals surface area contributed by atoms with Gasteiger partial charge in [0.15, 0.2) is 0 Å². The Labute approximate surface area is 130 Å². The maximum Gasteiger partial charge on any atom is 0.269 e. The number of nitro benzene ring substituents is 1. The van der Waals surface area contributed by atoms with Gasteiger partial charge in [0.05, 0.1) is 4.92 Å². The van der Waals surface area contributed by atoms with Gasteiger partial charge in [-0.25, -0.2) is 0 Å². The predicted octanol–water partition coefficient (Wildman–Crippen LogP) is 2.21. The van der Waals surface area contributed by atoms with Crippen LogP contribution in [0.3, 0.4) is 0 Å². The first kappa shape index (κ1) is 16.2. The normalized spacial score (nSPS) is 15.3. The topological polar surface area (TPSA) is 75.5 Å². The molecule has 1 fully saturated rings. The minimum Gasteiger partial charge on any atom is -0.353 e. The van der Waals surface area contributed by atoms with E-state index in [-0.39, 0.29) is 11.6 Å². The predicted molar refractivity (Wildman–Crippen MR) is 85.4 cm³/mol. The third kappa shape index (κ3) is 5.29. The summed E-state index contributed by atoms with van der Waals surface area (Å²) in [5, 5.41) is 13.4. The zero-order valence-electron chi connectivity index (χ0n) is 12.5. The summed E-state index contributed by atoms with van der Waals surface area (Å²) in [4.78, 5) is 24.2. The van der Waals surface area contributed by atoms with Gasteiger partial charge in [0.25, 0.3) is 5.69 Å². The van der Waals surface area contributed by atoms with Gasteiger partial charge in [0.1, 0.15) is 0 Å². The van der Waals surface area contributed by atoms with Gasteiger partial charge < -0.3 is 10.2 Å². The average molecular weight is 303 g/mol. The molecule has 0 bridgehead atoms. The summed E-state index contributed by atoms with van der Waals surface area (Å²) in [6, 6.07) is 6.09. The van der Waals surface area contributed by atoms with Crippen LogP contribution in [0.25, 0.3) is 6.08 Å². The van der Waals surface area contributed by atoms with Crippen molar-refractivity contribution in [2.45, 2.75) is 19.3 Å². The minimum absolute atomic E-state index is 0.0449. The number of nitrogens with one attached hydrogen (secondary N) is 1. The lowest BCUT2D eigenvalue weighted by Gasteiger charge is -2.13. The number of non-ortho nitro benzene ring substituents is 1. The zero-order chi connectivity index (χ0) is 15.8. The summed E-state index contributed by atoms with van der Waals surface area (Å²) < 4.78 is 0. The molecule has 118 valence electrons. The van der Waals surface area contributed by atoms with Crippen LogP contribution < -0.4 is 5.32 Å². The van der Waals surface area contributed by atoms with E-state index in [9.17, 15) is 14.9 Å². The Morgan fingerprint density at radius 1 is 1.27 bits per heavy atom. The van der Waals surface area contributed by atoms with E-state index in [0.29, 0.717) is 6.54 Å². The van der Waals surface area contributed by atoms with E-state index in [4.69, 9.17) is 0 Å². The highest BCUT2D eigenvalue weighted by Crippen LogP contribution is 2.12. The van der Waals surface area contributed by atoms with Gasteiger partial charge in [-0.3, -0.25) is 14.9 Å². The molecule has 0 saturated carbocycles. The molecule has 22 heavy (non-hydrogen) atoms. The van der Waals surface area contributed by atoms with Crippen molar-refractivity contribution in [2.75, 3.05) is 26.2 Å². The van der Waals surface area contributed by atoms with E-state index in [1.165, 1.54) is 44.1 Å². The monoisotopic (exact) mass is 303 g/mol. The van der Waals surface area contributed by atoms with Crippen molar-refractivity contribution in [1.82, 2.24) is 10.2 Å². The van der Waals surface area contributed by atoms with Crippen LogP contribution in [0.15, 0.2) is 30.3 Å². The number of nitrogens with zero attached hydrogens (tertiary/aromatic N) is 2. The van der Waals surface area contributed by atoms with E-state index in [1.54, 1.807) is 18.2 Å². The molecule has 2 rings (SSSR count). The standard InChI is InChI=1S/C16H21N3O3/c20-16(17-10-3-13-18-11-1-2-12-18)9-6-14-4-7-15(8-5-14)19(21)22/h4-9H,1-3,10-13H2,(H,17,20)/b9-6+. The first-order chi connectivity index (χ1) is 10.6. The molecule has 6 nitrogen and oxygen atoms in total. The van der Waals surface area contributed by atoms with Gasteiger partial charge in [-0.05, 0) is 62.7 Å². The number of hydrogen-bond donors (Lipinski definition) is 1. The third-order valence-corrected chi connectivity index (χ3v) is 3.68. The van der Waals surface area contributed by atoms with E-state index in [1.807, 2.05) is 0 Å². The summed E-state index contributed by atoms with van der Waals surface area (Å²) in [7, 11) is 0. The smallest absolute Gasteiger partial charge is 0.269 e. The Bertz CT molecular complexity index is 534. The summed E-state index contributed by atoms with van der Waals surface area (Å²) in [5.41, 5.74) is 0.807. The minimum atomic E-state index is -0.444. The summed E-state index contributed by atoms with van der Waals surface area (Å²) in [6.07, 6.45) is 6.63. The molecule has 1 aromatic carbocycles. The SMILES string of the molecule is O=C(/C=C/c1ccc([N+](=O)[O-])cc1)NCCCN1CCCC1. The van der Waals surface area contributed by atoms with E-state index in [0.717, 1.165) is 18.5 Å². The first-order valence-corrected chi connectivity index (χ1v) is 7.58. The summed E-state index contributed by atoms with van der Waals surface area (Å²) in [6.45, 7) is 4.05. The Hall–Kier alpha value is -2.21. The highest BCUT2D eigenvalue weighted by Gasteiger charge is 2.10. The van der Waals surface area contributed by atoms with Crippen LogP contribution in [0.5, 0.6) is 0 Å². The van der Waals surface area contributed by atoms with E-state index < -0.39 is 4.92 Å². The molecule has 0 spiro atoms. The number of rotatable bonds is 7. The maximum absolute atomic E-state index is 11.7. The largest absolute Gasteiger partial charge is 0.353 e. The van der Waals surface area contributed by atoms with Crippen LogP contribution in [-0.4, -0.2) is 41.9 Å². The quantitative estimate of drug-likeness (QED) is 0.363. The van der Waals surface area contributed by atoms with Crippen LogP contribution >= 0.6 is 0 Å². The fraction of sp³-hybridized carbons (Fsp3) is 0.438. The Kier molecular flexibility index (Phi) is 6.09. The number of hydrogen-bond acceptors (Lipinski definition) is 4. The molecule has 1 saturated heterocycles. The Morgan fingerprint density at radius 2 is 1.95 bits per heavy atom. The molecule has 1 amide bonds. The average Bonchev–Trinajstić information content (AvgIpc) is 3.03.